The van der Waals surface area contributed by atoms with Crippen LogP contribution in [0.2, 0.25) is 0 Å². The molecule has 3 rings (SSSR count). The topological polar surface area (TPSA) is 45.2 Å². The Hall–Kier alpha value is -2.80. The molecule has 0 fully saturated rings. The average molecular weight is 319 g/mol. The molecule has 24 heavy (non-hydrogen) atoms. The fourth-order valence-corrected chi connectivity index (χ4v) is 2.87. The van der Waals surface area contributed by atoms with Gasteiger partial charge in [-0.2, -0.15) is 0 Å². The number of hydrogen-bond donors (Lipinski definition) is 1. The Morgan fingerprint density at radius 3 is 3.04 bits per heavy atom. The van der Waals surface area contributed by atoms with Crippen molar-refractivity contribution in [2.24, 2.45) is 0 Å². The number of carbonyl (C=O) groups is 1. The van der Waals surface area contributed by atoms with Crippen LogP contribution >= 0.6 is 0 Å². The van der Waals surface area contributed by atoms with Gasteiger partial charge in [0.15, 0.2) is 0 Å². The van der Waals surface area contributed by atoms with Crippen LogP contribution < -0.4 is 10.2 Å². The van der Waals surface area contributed by atoms with E-state index in [0.29, 0.717) is 19.4 Å². The van der Waals surface area contributed by atoms with Gasteiger partial charge in [-0.3, -0.25) is 9.78 Å². The van der Waals surface area contributed by atoms with Crippen molar-refractivity contribution in [3.05, 3.63) is 59.4 Å². The average Bonchev–Trinajstić information content (AvgIpc) is 3.05. The van der Waals surface area contributed by atoms with Gasteiger partial charge >= 0.3 is 0 Å². The minimum Gasteiger partial charge on any atom is -0.341 e. The number of anilines is 1. The quantitative estimate of drug-likeness (QED) is 0.696. The number of nitrogens with one attached hydrogen (secondary N) is 1. The molecule has 2 heterocycles. The first kappa shape index (κ1) is 16.1. The first-order valence-electron chi connectivity index (χ1n) is 8.29. The number of amides is 1. The molecule has 4 nitrogen and oxygen atoms in total. The molecular formula is C20H21N3O. The van der Waals surface area contributed by atoms with Crippen molar-refractivity contribution in [2.75, 3.05) is 11.4 Å². The predicted molar refractivity (Wildman–Crippen MR) is 95.3 cm³/mol. The van der Waals surface area contributed by atoms with Crippen LogP contribution in [0.4, 0.5) is 5.69 Å². The lowest BCUT2D eigenvalue weighted by Gasteiger charge is -2.16. The number of benzene rings is 1. The molecule has 1 aliphatic rings. The van der Waals surface area contributed by atoms with Gasteiger partial charge in [0, 0.05) is 50.1 Å². The highest BCUT2D eigenvalue weighted by atomic mass is 16.2. The fourth-order valence-electron chi connectivity index (χ4n) is 2.87. The molecule has 0 aliphatic carbocycles. The summed E-state index contributed by atoms with van der Waals surface area (Å²) in [4.78, 5) is 17.9. The Morgan fingerprint density at radius 1 is 1.33 bits per heavy atom. The lowest BCUT2D eigenvalue weighted by Crippen LogP contribution is -2.27. The molecule has 1 aliphatic heterocycles. The smallest absolute Gasteiger partial charge is 0.226 e. The van der Waals surface area contributed by atoms with E-state index in [0.717, 1.165) is 24.2 Å². The number of carbonyl (C=O) groups excluding carboxylic acids is 1. The van der Waals surface area contributed by atoms with Crippen molar-refractivity contribution in [3.63, 3.8) is 0 Å². The molecule has 1 aromatic heterocycles. The number of pyridine rings is 1. The highest BCUT2D eigenvalue weighted by Crippen LogP contribution is 2.29. The van der Waals surface area contributed by atoms with Crippen LogP contribution in [0.15, 0.2) is 42.7 Å². The second-order valence-electron chi connectivity index (χ2n) is 5.81. The molecule has 0 radical (unpaired) electrons. The summed E-state index contributed by atoms with van der Waals surface area (Å²) in [7, 11) is 0. The summed E-state index contributed by atoms with van der Waals surface area (Å²) in [6.07, 6.45) is 5.78. The molecule has 1 amide bonds. The lowest BCUT2D eigenvalue weighted by molar-refractivity contribution is -0.118. The summed E-state index contributed by atoms with van der Waals surface area (Å²) >= 11 is 0. The maximum Gasteiger partial charge on any atom is 0.226 e. The van der Waals surface area contributed by atoms with Crippen LogP contribution in [0.25, 0.3) is 0 Å². The molecule has 0 saturated carbocycles. The molecule has 122 valence electrons. The molecule has 4 heteroatoms. The predicted octanol–water partition coefficient (Wildman–Crippen LogP) is 2.67. The van der Waals surface area contributed by atoms with Crippen molar-refractivity contribution in [3.8, 4) is 12.0 Å². The molecule has 1 N–H and O–H groups in total. The molecule has 0 unspecified atom stereocenters. The van der Waals surface area contributed by atoms with E-state index in [4.69, 9.17) is 0 Å². The van der Waals surface area contributed by atoms with Gasteiger partial charge in [0.1, 0.15) is 0 Å². The zero-order valence-corrected chi connectivity index (χ0v) is 13.9. The first-order valence-corrected chi connectivity index (χ1v) is 8.29. The van der Waals surface area contributed by atoms with E-state index in [-0.39, 0.29) is 5.91 Å². The molecular weight excluding hydrogens is 298 g/mol. The van der Waals surface area contributed by atoms with E-state index in [9.17, 15) is 4.79 Å². The van der Waals surface area contributed by atoms with Crippen LogP contribution in [0, 0.1) is 12.0 Å². The van der Waals surface area contributed by atoms with Gasteiger partial charge in [-0.05, 0) is 35.2 Å². The normalized spacial score (nSPS) is 12.3. The van der Waals surface area contributed by atoms with E-state index < -0.39 is 0 Å². The van der Waals surface area contributed by atoms with E-state index in [2.05, 4.69) is 40.5 Å². The molecule has 0 bridgehead atoms. The summed E-state index contributed by atoms with van der Waals surface area (Å²) in [6, 6.07) is 13.2. The third-order valence-corrected chi connectivity index (χ3v) is 4.13. The van der Waals surface area contributed by atoms with E-state index in [1.54, 1.807) is 6.20 Å². The van der Waals surface area contributed by atoms with E-state index in [1.807, 2.05) is 30.2 Å². The lowest BCUT2D eigenvalue weighted by atomic mass is 10.1. The Bertz CT molecular complexity index is 774. The Labute approximate surface area is 142 Å². The third kappa shape index (κ3) is 3.75. The highest BCUT2D eigenvalue weighted by molar-refractivity contribution is 5.95. The maximum absolute atomic E-state index is 11.9. The van der Waals surface area contributed by atoms with Gasteiger partial charge in [-0.1, -0.05) is 31.0 Å². The minimum absolute atomic E-state index is 0.195. The number of aromatic nitrogens is 1. The van der Waals surface area contributed by atoms with Gasteiger partial charge in [0.25, 0.3) is 0 Å². The van der Waals surface area contributed by atoms with E-state index >= 15 is 0 Å². The van der Waals surface area contributed by atoms with Crippen molar-refractivity contribution < 1.29 is 4.79 Å². The zero-order chi connectivity index (χ0) is 16.8. The molecule has 0 saturated heterocycles. The maximum atomic E-state index is 11.9. The van der Waals surface area contributed by atoms with E-state index in [1.165, 1.54) is 11.1 Å². The van der Waals surface area contributed by atoms with Crippen LogP contribution in [-0.2, 0) is 24.2 Å². The Morgan fingerprint density at radius 2 is 2.25 bits per heavy atom. The fraction of sp³-hybridized carbons (Fsp3) is 0.300. The number of hydrogen-bond acceptors (Lipinski definition) is 3. The summed E-state index contributed by atoms with van der Waals surface area (Å²) < 4.78 is 0. The summed E-state index contributed by atoms with van der Waals surface area (Å²) in [5.41, 5.74) is 4.62. The first-order chi connectivity index (χ1) is 11.8. The zero-order valence-electron chi connectivity index (χ0n) is 13.9. The monoisotopic (exact) mass is 319 g/mol. The largest absolute Gasteiger partial charge is 0.341 e. The molecule has 0 spiro atoms. The van der Waals surface area contributed by atoms with Crippen molar-refractivity contribution in [1.82, 2.24) is 10.3 Å². The number of fused-ring (bicyclic) bond motifs is 1. The van der Waals surface area contributed by atoms with Crippen molar-refractivity contribution >= 4 is 11.6 Å². The minimum atomic E-state index is 0.195. The SMILES string of the molecule is CCC(=O)N1CCc2cc(CC#CNCc3cccnc3)ccc21. The summed E-state index contributed by atoms with van der Waals surface area (Å²) in [5.74, 6) is 3.34. The summed E-state index contributed by atoms with van der Waals surface area (Å²) in [5, 5.41) is 3.10. The van der Waals surface area contributed by atoms with Crippen molar-refractivity contribution in [2.45, 2.75) is 32.7 Å². The standard InChI is InChI=1S/C20H21N3O/c1-2-20(24)23-12-9-18-13-16(7-8-19(18)23)5-3-10-21-14-17-6-4-11-22-15-17/h4,6-8,11,13,15,21H,2,5,9,12,14H2,1H3. The van der Waals surface area contributed by atoms with Gasteiger partial charge in [-0.15, -0.1) is 0 Å². The van der Waals surface area contributed by atoms with Crippen molar-refractivity contribution in [1.29, 1.82) is 0 Å². The Balaban J connectivity index is 1.56. The van der Waals surface area contributed by atoms with Crippen LogP contribution in [0.3, 0.4) is 0 Å². The third-order valence-electron chi connectivity index (χ3n) is 4.13. The van der Waals surface area contributed by atoms with Crippen LogP contribution in [-0.4, -0.2) is 17.4 Å². The number of nitrogens with zero attached hydrogens (tertiary/aromatic N) is 2. The van der Waals surface area contributed by atoms with Gasteiger partial charge < -0.3 is 10.2 Å². The highest BCUT2D eigenvalue weighted by Gasteiger charge is 2.23. The van der Waals surface area contributed by atoms with Gasteiger partial charge in [0.2, 0.25) is 5.91 Å². The number of rotatable bonds is 4. The molecule has 2 aromatic rings. The second kappa shape index (κ2) is 7.65. The summed E-state index contributed by atoms with van der Waals surface area (Å²) in [6.45, 7) is 3.39. The van der Waals surface area contributed by atoms with Gasteiger partial charge in [0.05, 0.1) is 0 Å². The second-order valence-corrected chi connectivity index (χ2v) is 5.81. The molecule has 0 atom stereocenters. The van der Waals surface area contributed by atoms with Gasteiger partial charge in [-0.25, -0.2) is 0 Å². The molecule has 1 aromatic carbocycles. The van der Waals surface area contributed by atoms with Crippen LogP contribution in [0.1, 0.15) is 30.0 Å². The van der Waals surface area contributed by atoms with Crippen LogP contribution in [0.5, 0.6) is 0 Å². The Kier molecular flexibility index (Phi) is 5.12.